The average Bonchev–Trinajstić information content (AvgIpc) is 2.73. The van der Waals surface area contributed by atoms with Gasteiger partial charge in [-0.05, 0) is 20.3 Å². The molecule has 0 aromatic carbocycles. The van der Waals surface area contributed by atoms with Crippen LogP contribution in [0.25, 0.3) is 0 Å². The molecule has 0 radical (unpaired) electrons. The Labute approximate surface area is 120 Å². The molecule has 1 heterocycles. The number of nitrogens with zero attached hydrogens (tertiary/aromatic N) is 1. The number of carbonyl (C=O) groups is 2. The fourth-order valence-electron chi connectivity index (χ4n) is 2.28. The molecule has 0 aliphatic carbocycles. The fourth-order valence-corrected chi connectivity index (χ4v) is 2.28. The van der Waals surface area contributed by atoms with E-state index in [9.17, 15) is 22.8 Å². The molecule has 9 heteroatoms. The first-order valence-electron chi connectivity index (χ1n) is 6.31. The lowest BCUT2D eigenvalue weighted by Crippen LogP contribution is -2.53. The smallest absolute Gasteiger partial charge is 0.406 e. The Morgan fingerprint density at radius 3 is 2.33 bits per heavy atom. The molecule has 21 heavy (non-hydrogen) atoms. The van der Waals surface area contributed by atoms with Gasteiger partial charge in [-0.3, -0.25) is 4.79 Å². The number of amides is 2. The van der Waals surface area contributed by atoms with Crippen LogP contribution in [-0.2, 0) is 9.53 Å². The van der Waals surface area contributed by atoms with Crippen molar-refractivity contribution < 1.29 is 32.6 Å². The highest BCUT2D eigenvalue weighted by molar-refractivity contribution is 5.80. The first-order valence-corrected chi connectivity index (χ1v) is 6.31. The van der Waals surface area contributed by atoms with Gasteiger partial charge < -0.3 is 20.1 Å². The second-order valence-electron chi connectivity index (χ2n) is 5.80. The lowest BCUT2D eigenvalue weighted by atomic mass is 9.86. The van der Waals surface area contributed by atoms with E-state index < -0.39 is 42.1 Å². The summed E-state index contributed by atoms with van der Waals surface area (Å²) in [6.45, 7) is 2.33. The van der Waals surface area contributed by atoms with E-state index in [2.05, 4.69) is 5.32 Å². The lowest BCUT2D eigenvalue weighted by Gasteiger charge is -2.30. The number of urea groups is 1. The van der Waals surface area contributed by atoms with Gasteiger partial charge in [-0.2, -0.15) is 13.2 Å². The summed E-state index contributed by atoms with van der Waals surface area (Å²) in [4.78, 5) is 23.9. The summed E-state index contributed by atoms with van der Waals surface area (Å²) in [5.74, 6) is -1.96. The maximum atomic E-state index is 13.0. The molecule has 1 aliphatic rings. The van der Waals surface area contributed by atoms with Crippen LogP contribution in [0.15, 0.2) is 0 Å². The monoisotopic (exact) mass is 312 g/mol. The van der Waals surface area contributed by atoms with Crippen molar-refractivity contribution in [2.45, 2.75) is 32.0 Å². The molecular weight excluding hydrogens is 293 g/mol. The van der Waals surface area contributed by atoms with Crippen LogP contribution < -0.4 is 5.32 Å². The summed E-state index contributed by atoms with van der Waals surface area (Å²) in [5.41, 5.74) is -3.66. The molecule has 0 spiro atoms. The van der Waals surface area contributed by atoms with Crippen LogP contribution in [0, 0.1) is 5.41 Å². The van der Waals surface area contributed by atoms with Gasteiger partial charge in [0.2, 0.25) is 0 Å². The summed E-state index contributed by atoms with van der Waals surface area (Å²) in [6, 6.07) is -0.732. The topological polar surface area (TPSA) is 78.9 Å². The van der Waals surface area contributed by atoms with Gasteiger partial charge in [0.15, 0.2) is 5.41 Å². The van der Waals surface area contributed by atoms with E-state index in [-0.39, 0.29) is 13.2 Å². The number of aliphatic carboxylic acids is 1. The quantitative estimate of drug-likeness (QED) is 0.824. The highest BCUT2D eigenvalue weighted by Gasteiger charge is 2.64. The van der Waals surface area contributed by atoms with Crippen molar-refractivity contribution in [1.29, 1.82) is 0 Å². The van der Waals surface area contributed by atoms with E-state index in [4.69, 9.17) is 9.84 Å². The third kappa shape index (κ3) is 3.58. The van der Waals surface area contributed by atoms with Gasteiger partial charge in [0.1, 0.15) is 0 Å². The number of carboxylic acid groups (broad SMARTS) is 1. The predicted molar refractivity (Wildman–Crippen MR) is 66.8 cm³/mol. The van der Waals surface area contributed by atoms with Gasteiger partial charge in [-0.25, -0.2) is 4.79 Å². The van der Waals surface area contributed by atoms with E-state index in [0.717, 1.165) is 4.90 Å². The molecule has 1 atom stereocenters. The molecule has 0 aromatic heterocycles. The molecule has 6 nitrogen and oxygen atoms in total. The maximum Gasteiger partial charge on any atom is 0.406 e. The number of alkyl halides is 3. The van der Waals surface area contributed by atoms with Crippen LogP contribution in [0.3, 0.4) is 0 Å². The molecule has 0 bridgehead atoms. The minimum Gasteiger partial charge on any atom is -0.481 e. The number of hydrogen-bond acceptors (Lipinski definition) is 3. The highest BCUT2D eigenvalue weighted by atomic mass is 19.4. The largest absolute Gasteiger partial charge is 0.481 e. The number of rotatable bonds is 4. The Morgan fingerprint density at radius 1 is 1.38 bits per heavy atom. The van der Waals surface area contributed by atoms with Gasteiger partial charge in [-0.1, -0.05) is 0 Å². The summed E-state index contributed by atoms with van der Waals surface area (Å²) >= 11 is 0. The van der Waals surface area contributed by atoms with Crippen LogP contribution in [0.5, 0.6) is 0 Å². The number of hydrogen-bond donors (Lipinski definition) is 2. The van der Waals surface area contributed by atoms with Crippen molar-refractivity contribution in [2.75, 3.05) is 26.8 Å². The summed E-state index contributed by atoms with van der Waals surface area (Å²) in [7, 11) is 1.43. The number of nitrogens with one attached hydrogen (secondary N) is 1. The van der Waals surface area contributed by atoms with Crippen LogP contribution in [0.2, 0.25) is 0 Å². The average molecular weight is 312 g/mol. The number of likely N-dealkylation sites (tertiary alicyclic amines) is 1. The molecule has 122 valence electrons. The second-order valence-corrected chi connectivity index (χ2v) is 5.80. The molecule has 0 aromatic rings. The number of halogens is 3. The predicted octanol–water partition coefficient (Wildman–Crippen LogP) is 1.46. The Bertz CT molecular complexity index is 425. The molecule has 1 aliphatic heterocycles. The second kappa shape index (κ2) is 5.70. The van der Waals surface area contributed by atoms with Gasteiger partial charge in [0.05, 0.1) is 12.1 Å². The number of ether oxygens (including phenoxy) is 1. The van der Waals surface area contributed by atoms with Crippen molar-refractivity contribution in [2.24, 2.45) is 5.41 Å². The lowest BCUT2D eigenvalue weighted by molar-refractivity contribution is -0.226. The fraction of sp³-hybridized carbons (Fsp3) is 0.833. The van der Waals surface area contributed by atoms with Gasteiger partial charge in [-0.15, -0.1) is 0 Å². The SMILES string of the molecule is COCC(C)(C)NC(=O)N1CCC(C(=O)O)(C(F)(F)F)C1. The Hall–Kier alpha value is -1.51. The normalized spacial score (nSPS) is 23.2. The molecule has 2 amide bonds. The minimum atomic E-state index is -4.91. The van der Waals surface area contributed by atoms with E-state index in [0.29, 0.717) is 0 Å². The minimum absolute atomic E-state index is 0.177. The van der Waals surface area contributed by atoms with Crippen molar-refractivity contribution in [1.82, 2.24) is 10.2 Å². The van der Waals surface area contributed by atoms with E-state index >= 15 is 0 Å². The number of carboxylic acids is 1. The third-order valence-electron chi connectivity index (χ3n) is 3.46. The van der Waals surface area contributed by atoms with Crippen molar-refractivity contribution in [3.8, 4) is 0 Å². The van der Waals surface area contributed by atoms with E-state index in [1.807, 2.05) is 0 Å². The summed E-state index contributed by atoms with van der Waals surface area (Å²) in [6.07, 6.45) is -5.56. The molecule has 0 saturated carbocycles. The Kier molecular flexibility index (Phi) is 4.76. The Balaban J connectivity index is 2.82. The van der Waals surface area contributed by atoms with Gasteiger partial charge in [0.25, 0.3) is 0 Å². The highest BCUT2D eigenvalue weighted by Crippen LogP contribution is 2.45. The summed E-state index contributed by atoms with van der Waals surface area (Å²) < 4.78 is 43.9. The van der Waals surface area contributed by atoms with Crippen molar-refractivity contribution >= 4 is 12.0 Å². The third-order valence-corrected chi connectivity index (χ3v) is 3.46. The number of methoxy groups -OCH3 is 1. The van der Waals surface area contributed by atoms with Crippen LogP contribution >= 0.6 is 0 Å². The zero-order valence-corrected chi connectivity index (χ0v) is 12.1. The summed E-state index contributed by atoms with van der Waals surface area (Å²) in [5, 5.41) is 11.4. The van der Waals surface area contributed by atoms with Gasteiger partial charge >= 0.3 is 18.2 Å². The molecular formula is C12H19F3N2O4. The standard InChI is InChI=1S/C12H19F3N2O4/c1-10(2,7-21-3)16-9(20)17-5-4-11(6-17,8(18)19)12(13,14)15/h4-7H2,1-3H3,(H,16,20)(H,18,19). The van der Waals surface area contributed by atoms with Crippen LogP contribution in [0.1, 0.15) is 20.3 Å². The molecule has 1 unspecified atom stereocenters. The first-order chi connectivity index (χ1) is 9.45. The zero-order chi connectivity index (χ0) is 16.5. The van der Waals surface area contributed by atoms with E-state index in [1.165, 1.54) is 7.11 Å². The Morgan fingerprint density at radius 2 is 1.95 bits per heavy atom. The maximum absolute atomic E-state index is 13.0. The zero-order valence-electron chi connectivity index (χ0n) is 12.1. The first kappa shape index (κ1) is 17.5. The molecule has 1 rings (SSSR count). The van der Waals surface area contributed by atoms with Crippen molar-refractivity contribution in [3.05, 3.63) is 0 Å². The van der Waals surface area contributed by atoms with E-state index in [1.54, 1.807) is 13.8 Å². The molecule has 2 N–H and O–H groups in total. The molecule has 1 saturated heterocycles. The van der Waals surface area contributed by atoms with Crippen LogP contribution in [0.4, 0.5) is 18.0 Å². The molecule has 1 fully saturated rings. The van der Waals surface area contributed by atoms with Crippen LogP contribution in [-0.4, -0.2) is 60.5 Å². The number of carbonyl (C=O) groups excluding carboxylic acids is 1. The van der Waals surface area contributed by atoms with Gasteiger partial charge in [0, 0.05) is 20.2 Å². The van der Waals surface area contributed by atoms with Crippen molar-refractivity contribution in [3.63, 3.8) is 0 Å².